The molecule has 2 N–H and O–H groups in total. The van der Waals surface area contributed by atoms with Crippen LogP contribution in [0.2, 0.25) is 0 Å². The van der Waals surface area contributed by atoms with Crippen molar-refractivity contribution >= 4 is 0 Å². The standard InChI is InChI=1S/C16H25FN2/c1-12-11-13(17)7-8-14(12)15(18)16(19(2)3)9-5-4-6-10-16/h7-8,11,15H,4-6,9-10,18H2,1-3H3. The highest BCUT2D eigenvalue weighted by atomic mass is 19.1. The Bertz CT molecular complexity index is 436. The predicted molar refractivity (Wildman–Crippen MR) is 77.6 cm³/mol. The quantitative estimate of drug-likeness (QED) is 0.906. The van der Waals surface area contributed by atoms with E-state index in [1.807, 2.05) is 13.0 Å². The van der Waals surface area contributed by atoms with Gasteiger partial charge >= 0.3 is 0 Å². The first kappa shape index (κ1) is 14.5. The monoisotopic (exact) mass is 264 g/mol. The van der Waals surface area contributed by atoms with Gasteiger partial charge in [0.2, 0.25) is 0 Å². The molecule has 0 aromatic heterocycles. The van der Waals surface area contributed by atoms with Gasteiger partial charge in [-0.2, -0.15) is 0 Å². The molecule has 1 aliphatic rings. The van der Waals surface area contributed by atoms with Gasteiger partial charge in [-0.05, 0) is 57.1 Å². The number of likely N-dealkylation sites (N-methyl/N-ethyl adjacent to an activating group) is 1. The maximum atomic E-state index is 13.3. The fourth-order valence-electron chi connectivity index (χ4n) is 3.48. The van der Waals surface area contributed by atoms with Crippen LogP contribution in [0.15, 0.2) is 18.2 Å². The van der Waals surface area contributed by atoms with Gasteiger partial charge in [-0.25, -0.2) is 4.39 Å². The Morgan fingerprint density at radius 1 is 1.21 bits per heavy atom. The van der Waals surface area contributed by atoms with E-state index in [2.05, 4.69) is 19.0 Å². The van der Waals surface area contributed by atoms with E-state index in [-0.39, 0.29) is 17.4 Å². The second kappa shape index (κ2) is 5.59. The molecule has 1 aromatic rings. The molecule has 3 heteroatoms. The Hall–Kier alpha value is -0.930. The average Bonchev–Trinajstić information content (AvgIpc) is 2.38. The normalized spacial score (nSPS) is 20.5. The number of halogens is 1. The van der Waals surface area contributed by atoms with Crippen LogP contribution in [-0.4, -0.2) is 24.5 Å². The first-order chi connectivity index (χ1) is 8.97. The zero-order valence-electron chi connectivity index (χ0n) is 12.2. The Labute approximate surface area is 115 Å². The summed E-state index contributed by atoms with van der Waals surface area (Å²) < 4.78 is 13.3. The van der Waals surface area contributed by atoms with Gasteiger partial charge in [0, 0.05) is 11.6 Å². The van der Waals surface area contributed by atoms with Gasteiger partial charge in [-0.1, -0.05) is 25.3 Å². The molecule has 0 heterocycles. The molecule has 1 unspecified atom stereocenters. The Kier molecular flexibility index (Phi) is 4.26. The SMILES string of the molecule is Cc1cc(F)ccc1C(N)C1(N(C)C)CCCCC1. The summed E-state index contributed by atoms with van der Waals surface area (Å²) in [5.41, 5.74) is 8.65. The van der Waals surface area contributed by atoms with Gasteiger partial charge in [-0.15, -0.1) is 0 Å². The summed E-state index contributed by atoms with van der Waals surface area (Å²) in [5.74, 6) is -0.184. The summed E-state index contributed by atoms with van der Waals surface area (Å²) in [5, 5.41) is 0. The molecule has 0 saturated heterocycles. The minimum absolute atomic E-state index is 0.0147. The molecule has 0 aliphatic heterocycles. The molecule has 0 bridgehead atoms. The lowest BCUT2D eigenvalue weighted by Crippen LogP contribution is -2.53. The third-order valence-electron chi connectivity index (χ3n) is 4.76. The highest BCUT2D eigenvalue weighted by Gasteiger charge is 2.40. The summed E-state index contributed by atoms with van der Waals surface area (Å²) in [6, 6.07) is 4.91. The van der Waals surface area contributed by atoms with Crippen LogP contribution in [-0.2, 0) is 0 Å². The predicted octanol–water partition coefficient (Wildman–Crippen LogP) is 3.40. The van der Waals surface area contributed by atoms with Crippen LogP contribution in [0.3, 0.4) is 0 Å². The smallest absolute Gasteiger partial charge is 0.123 e. The molecule has 106 valence electrons. The first-order valence-corrected chi connectivity index (χ1v) is 7.16. The van der Waals surface area contributed by atoms with Crippen molar-refractivity contribution in [3.63, 3.8) is 0 Å². The summed E-state index contributed by atoms with van der Waals surface area (Å²) in [7, 11) is 4.23. The lowest BCUT2D eigenvalue weighted by molar-refractivity contribution is 0.0711. The fourth-order valence-corrected chi connectivity index (χ4v) is 3.48. The molecule has 1 atom stereocenters. The molecule has 0 spiro atoms. The molecule has 0 radical (unpaired) electrons. The van der Waals surface area contributed by atoms with Gasteiger partial charge in [0.05, 0.1) is 0 Å². The van der Waals surface area contributed by atoms with Crippen LogP contribution in [0.25, 0.3) is 0 Å². The van der Waals surface area contributed by atoms with Crippen molar-refractivity contribution in [2.45, 2.75) is 50.6 Å². The average molecular weight is 264 g/mol. The number of rotatable bonds is 3. The molecular formula is C16H25FN2. The van der Waals surface area contributed by atoms with Gasteiger partial charge in [0.25, 0.3) is 0 Å². The Balaban J connectivity index is 2.36. The van der Waals surface area contributed by atoms with Gasteiger partial charge in [0.1, 0.15) is 5.82 Å². The second-order valence-corrected chi connectivity index (χ2v) is 6.04. The molecule has 1 aliphatic carbocycles. The van der Waals surface area contributed by atoms with Gasteiger partial charge in [0.15, 0.2) is 0 Å². The van der Waals surface area contributed by atoms with E-state index in [4.69, 9.17) is 5.73 Å². The fraction of sp³-hybridized carbons (Fsp3) is 0.625. The number of nitrogens with zero attached hydrogens (tertiary/aromatic N) is 1. The maximum absolute atomic E-state index is 13.3. The van der Waals surface area contributed by atoms with E-state index in [9.17, 15) is 4.39 Å². The summed E-state index contributed by atoms with van der Waals surface area (Å²) in [6.07, 6.45) is 6.00. The topological polar surface area (TPSA) is 29.3 Å². The maximum Gasteiger partial charge on any atom is 0.123 e. The third kappa shape index (κ3) is 2.67. The van der Waals surface area contributed by atoms with Crippen molar-refractivity contribution in [2.75, 3.05) is 14.1 Å². The third-order valence-corrected chi connectivity index (χ3v) is 4.76. The highest BCUT2D eigenvalue weighted by Crippen LogP contribution is 2.41. The van der Waals surface area contributed by atoms with E-state index >= 15 is 0 Å². The lowest BCUT2D eigenvalue weighted by Gasteiger charge is -2.47. The van der Waals surface area contributed by atoms with Crippen LogP contribution in [0, 0.1) is 12.7 Å². The van der Waals surface area contributed by atoms with Crippen molar-refractivity contribution in [1.82, 2.24) is 4.90 Å². The van der Waals surface area contributed by atoms with Crippen molar-refractivity contribution in [2.24, 2.45) is 5.73 Å². The van der Waals surface area contributed by atoms with Crippen molar-refractivity contribution in [3.8, 4) is 0 Å². The molecule has 0 amide bonds. The highest BCUT2D eigenvalue weighted by molar-refractivity contribution is 5.32. The van der Waals surface area contributed by atoms with Crippen molar-refractivity contribution in [1.29, 1.82) is 0 Å². The lowest BCUT2D eigenvalue weighted by atomic mass is 9.73. The second-order valence-electron chi connectivity index (χ2n) is 6.04. The van der Waals surface area contributed by atoms with Gasteiger partial charge < -0.3 is 10.6 Å². The van der Waals surface area contributed by atoms with Crippen LogP contribution in [0.1, 0.15) is 49.3 Å². The molecule has 1 fully saturated rings. The Morgan fingerprint density at radius 2 is 1.84 bits per heavy atom. The van der Waals surface area contributed by atoms with Crippen LogP contribution in [0.4, 0.5) is 4.39 Å². The van der Waals surface area contributed by atoms with E-state index in [0.29, 0.717) is 0 Å². The minimum Gasteiger partial charge on any atom is -0.322 e. The number of hydrogen-bond acceptors (Lipinski definition) is 2. The number of aryl methyl sites for hydroxylation is 1. The van der Waals surface area contributed by atoms with Crippen LogP contribution in [0.5, 0.6) is 0 Å². The number of hydrogen-bond donors (Lipinski definition) is 1. The zero-order valence-corrected chi connectivity index (χ0v) is 12.2. The molecule has 19 heavy (non-hydrogen) atoms. The molecular weight excluding hydrogens is 239 g/mol. The number of benzene rings is 1. The van der Waals surface area contributed by atoms with Crippen molar-refractivity contribution in [3.05, 3.63) is 35.1 Å². The minimum atomic E-state index is -0.184. The van der Waals surface area contributed by atoms with E-state index in [1.165, 1.54) is 25.3 Å². The summed E-state index contributed by atoms with van der Waals surface area (Å²) in [6.45, 7) is 1.95. The molecule has 1 saturated carbocycles. The zero-order chi connectivity index (χ0) is 14.0. The van der Waals surface area contributed by atoms with E-state index in [1.54, 1.807) is 6.07 Å². The Morgan fingerprint density at radius 3 is 2.37 bits per heavy atom. The molecule has 1 aromatic carbocycles. The van der Waals surface area contributed by atoms with Crippen LogP contribution < -0.4 is 5.73 Å². The van der Waals surface area contributed by atoms with Gasteiger partial charge in [-0.3, -0.25) is 0 Å². The molecule has 2 rings (SSSR count). The number of nitrogens with two attached hydrogens (primary N) is 1. The first-order valence-electron chi connectivity index (χ1n) is 7.16. The summed E-state index contributed by atoms with van der Waals surface area (Å²) in [4.78, 5) is 2.28. The van der Waals surface area contributed by atoms with Crippen molar-refractivity contribution < 1.29 is 4.39 Å². The van der Waals surface area contributed by atoms with Crippen LogP contribution >= 0.6 is 0 Å². The summed E-state index contributed by atoms with van der Waals surface area (Å²) >= 11 is 0. The molecule has 2 nitrogen and oxygen atoms in total. The largest absolute Gasteiger partial charge is 0.322 e. The van der Waals surface area contributed by atoms with E-state index < -0.39 is 0 Å². The van der Waals surface area contributed by atoms with E-state index in [0.717, 1.165) is 24.0 Å².